The fourth-order valence-electron chi connectivity index (χ4n) is 1.03. The topological polar surface area (TPSA) is 67.4 Å². The van der Waals surface area contributed by atoms with Gasteiger partial charge in [-0.15, -0.1) is 0 Å². The third-order valence-corrected chi connectivity index (χ3v) is 1.74. The third-order valence-electron chi connectivity index (χ3n) is 1.74. The van der Waals surface area contributed by atoms with Crippen molar-refractivity contribution in [2.45, 2.75) is 13.1 Å². The summed E-state index contributed by atoms with van der Waals surface area (Å²) in [5, 5.41) is 2.19. The maximum Gasteiger partial charge on any atom is 0.493 e. The highest BCUT2D eigenvalue weighted by Crippen LogP contribution is 2.15. The Kier molecular flexibility index (Phi) is 4.13. The van der Waals surface area contributed by atoms with E-state index in [2.05, 4.69) is 10.2 Å². The van der Waals surface area contributed by atoms with Crippen LogP contribution in [0.3, 0.4) is 0 Å². The van der Waals surface area contributed by atoms with Gasteiger partial charge in [0.1, 0.15) is 0 Å². The van der Waals surface area contributed by atoms with E-state index in [4.69, 9.17) is 0 Å². The minimum absolute atomic E-state index is 0.357. The maximum atomic E-state index is 11.7. The van der Waals surface area contributed by atoms with Crippen LogP contribution in [0.25, 0.3) is 0 Å². The van der Waals surface area contributed by atoms with Crippen LogP contribution in [0.15, 0.2) is 24.3 Å². The molecule has 0 aliphatic heterocycles. The number of nitrogens with one attached hydrogen (secondary N) is 2. The highest BCUT2D eigenvalue weighted by atomic mass is 19.4. The van der Waals surface area contributed by atoms with Crippen LogP contribution in [-0.4, -0.2) is 18.2 Å². The fourth-order valence-corrected chi connectivity index (χ4v) is 1.03. The molecule has 1 aromatic rings. The lowest BCUT2D eigenvalue weighted by molar-refractivity contribution is -0.204. The van der Waals surface area contributed by atoms with Crippen molar-refractivity contribution in [3.63, 3.8) is 0 Å². The minimum atomic E-state index is -5.16. The molecule has 0 aliphatic carbocycles. The summed E-state index contributed by atoms with van der Waals surface area (Å²) in [6, 6.07) is 5.45. The van der Waals surface area contributed by atoms with Gasteiger partial charge in [0.25, 0.3) is 0 Å². The van der Waals surface area contributed by atoms with E-state index in [1.165, 1.54) is 11.5 Å². The van der Waals surface area contributed by atoms with Gasteiger partial charge >= 0.3 is 18.2 Å². The first kappa shape index (κ1) is 13.8. The summed E-state index contributed by atoms with van der Waals surface area (Å²) in [5.74, 6) is -2.50. The zero-order valence-electron chi connectivity index (χ0n) is 9.17. The molecule has 0 aliphatic rings. The van der Waals surface area contributed by atoms with Crippen molar-refractivity contribution < 1.29 is 27.6 Å². The Morgan fingerprint density at radius 1 is 1.28 bits per heavy atom. The number of halogens is 3. The number of hydrogen-bond donors (Lipinski definition) is 2. The molecule has 0 bridgehead atoms. The molecule has 5 nitrogen and oxygen atoms in total. The van der Waals surface area contributed by atoms with Gasteiger partial charge in [0.05, 0.1) is 0 Å². The van der Waals surface area contributed by atoms with E-state index in [-0.39, 0.29) is 0 Å². The number of hydroxylamine groups is 1. The van der Waals surface area contributed by atoms with Crippen LogP contribution in [0.1, 0.15) is 5.56 Å². The maximum absolute atomic E-state index is 11.7. The molecule has 18 heavy (non-hydrogen) atoms. The second kappa shape index (κ2) is 5.39. The molecule has 0 saturated heterocycles. The summed E-state index contributed by atoms with van der Waals surface area (Å²) in [4.78, 5) is 24.9. The predicted molar refractivity (Wildman–Crippen MR) is 55.5 cm³/mol. The molecule has 0 heterocycles. The van der Waals surface area contributed by atoms with Gasteiger partial charge in [0.15, 0.2) is 0 Å². The van der Waals surface area contributed by atoms with Crippen molar-refractivity contribution >= 4 is 17.7 Å². The van der Waals surface area contributed by atoms with Crippen molar-refractivity contribution in [2.24, 2.45) is 0 Å². The summed E-state index contributed by atoms with van der Waals surface area (Å²) >= 11 is 0. The molecule has 8 heteroatoms. The van der Waals surface area contributed by atoms with Gasteiger partial charge in [0.2, 0.25) is 0 Å². The first-order valence-corrected chi connectivity index (χ1v) is 4.70. The first-order chi connectivity index (χ1) is 8.29. The summed E-state index contributed by atoms with van der Waals surface area (Å²) < 4.78 is 35.2. The zero-order valence-corrected chi connectivity index (χ0v) is 9.17. The number of alkyl halides is 3. The lowest BCUT2D eigenvalue weighted by Gasteiger charge is -2.09. The van der Waals surface area contributed by atoms with Gasteiger partial charge < -0.3 is 10.2 Å². The molecule has 98 valence electrons. The van der Waals surface area contributed by atoms with Crippen LogP contribution in [-0.2, 0) is 9.63 Å². The standard InChI is InChI=1S/C10H9F3N2O3/c1-6-3-2-4-7(5-6)14-9(17)15-18-8(16)10(11,12)13/h2-5H,1H3,(H2,14,15,17). The van der Waals surface area contributed by atoms with Crippen molar-refractivity contribution in [1.29, 1.82) is 0 Å². The molecule has 0 saturated carbocycles. The Balaban J connectivity index is 2.46. The Labute approximate surface area is 99.9 Å². The number of anilines is 1. The monoisotopic (exact) mass is 262 g/mol. The smallest absolute Gasteiger partial charge is 0.331 e. The molecule has 2 amide bonds. The second-order valence-electron chi connectivity index (χ2n) is 3.31. The number of carbonyl (C=O) groups excluding carboxylic acids is 2. The molecule has 0 fully saturated rings. The second-order valence-corrected chi connectivity index (χ2v) is 3.31. The van der Waals surface area contributed by atoms with Crippen LogP contribution in [0, 0.1) is 6.92 Å². The number of hydrogen-bond acceptors (Lipinski definition) is 3. The minimum Gasteiger partial charge on any atom is -0.331 e. The van der Waals surface area contributed by atoms with Gasteiger partial charge in [0, 0.05) is 5.69 Å². The van der Waals surface area contributed by atoms with Crippen molar-refractivity contribution in [1.82, 2.24) is 5.48 Å². The molecular weight excluding hydrogens is 253 g/mol. The molecule has 2 N–H and O–H groups in total. The number of aryl methyl sites for hydroxylation is 1. The Morgan fingerprint density at radius 2 is 1.94 bits per heavy atom. The number of benzene rings is 1. The van der Waals surface area contributed by atoms with Gasteiger partial charge in [-0.1, -0.05) is 12.1 Å². The van der Waals surface area contributed by atoms with E-state index in [0.29, 0.717) is 5.69 Å². The lowest BCUT2D eigenvalue weighted by atomic mass is 10.2. The highest BCUT2D eigenvalue weighted by Gasteiger charge is 2.41. The normalized spacial score (nSPS) is 10.7. The third kappa shape index (κ3) is 4.32. The van der Waals surface area contributed by atoms with E-state index in [9.17, 15) is 22.8 Å². The predicted octanol–water partition coefficient (Wildman–Crippen LogP) is 2.14. The van der Waals surface area contributed by atoms with Crippen molar-refractivity contribution in [3.05, 3.63) is 29.8 Å². The molecule has 1 aromatic carbocycles. The zero-order chi connectivity index (χ0) is 13.8. The van der Waals surface area contributed by atoms with E-state index in [1.807, 2.05) is 0 Å². The van der Waals surface area contributed by atoms with Gasteiger partial charge in [-0.05, 0) is 24.6 Å². The molecule has 1 rings (SSSR count). The summed E-state index contributed by atoms with van der Waals surface area (Å²) in [7, 11) is 0. The van der Waals surface area contributed by atoms with E-state index < -0.39 is 18.2 Å². The number of amides is 2. The molecule has 0 atom stereocenters. The van der Waals surface area contributed by atoms with Crippen LogP contribution in [0.2, 0.25) is 0 Å². The van der Waals surface area contributed by atoms with E-state index in [0.717, 1.165) is 5.56 Å². The average molecular weight is 262 g/mol. The Bertz CT molecular complexity index is 460. The van der Waals surface area contributed by atoms with E-state index >= 15 is 0 Å². The molecule has 0 spiro atoms. The van der Waals surface area contributed by atoms with Crippen molar-refractivity contribution in [2.75, 3.05) is 5.32 Å². The van der Waals surface area contributed by atoms with Crippen LogP contribution >= 0.6 is 0 Å². The summed E-state index contributed by atoms with van der Waals surface area (Å²) in [6.07, 6.45) is -5.16. The SMILES string of the molecule is Cc1cccc(NC(=O)NOC(=O)C(F)(F)F)c1. The van der Waals surface area contributed by atoms with Gasteiger partial charge in [-0.2, -0.15) is 18.7 Å². The summed E-state index contributed by atoms with van der Waals surface area (Å²) in [5.41, 5.74) is 2.54. The number of carbonyl (C=O) groups is 2. The Morgan fingerprint density at radius 3 is 2.50 bits per heavy atom. The first-order valence-electron chi connectivity index (χ1n) is 4.70. The quantitative estimate of drug-likeness (QED) is 0.762. The Hall–Kier alpha value is -2.25. The molecule has 0 radical (unpaired) electrons. The van der Waals surface area contributed by atoms with Crippen molar-refractivity contribution in [3.8, 4) is 0 Å². The summed E-state index contributed by atoms with van der Waals surface area (Å²) in [6.45, 7) is 1.77. The van der Waals surface area contributed by atoms with Gasteiger partial charge in [-0.3, -0.25) is 0 Å². The van der Waals surface area contributed by atoms with Crippen LogP contribution < -0.4 is 10.8 Å². The van der Waals surface area contributed by atoms with Crippen LogP contribution in [0.4, 0.5) is 23.7 Å². The van der Waals surface area contributed by atoms with E-state index in [1.54, 1.807) is 25.1 Å². The molecular formula is C10H9F3N2O3. The highest BCUT2D eigenvalue weighted by molar-refractivity contribution is 5.89. The van der Waals surface area contributed by atoms with Crippen LogP contribution in [0.5, 0.6) is 0 Å². The molecule has 0 unspecified atom stereocenters. The lowest BCUT2D eigenvalue weighted by Crippen LogP contribution is -2.36. The fraction of sp³-hybridized carbons (Fsp3) is 0.200. The number of rotatable bonds is 1. The largest absolute Gasteiger partial charge is 0.493 e. The number of urea groups is 1. The molecule has 0 aromatic heterocycles. The average Bonchev–Trinajstić information content (AvgIpc) is 2.24. The van der Waals surface area contributed by atoms with Gasteiger partial charge in [-0.25, -0.2) is 9.59 Å².